The van der Waals surface area contributed by atoms with Gasteiger partial charge in [0.05, 0.1) is 17.8 Å². The number of nitrogens with one attached hydrogen (secondary N) is 1. The van der Waals surface area contributed by atoms with Crippen molar-refractivity contribution in [2.24, 2.45) is 11.1 Å². The van der Waals surface area contributed by atoms with Crippen molar-refractivity contribution in [3.8, 4) is 5.75 Å². The van der Waals surface area contributed by atoms with Gasteiger partial charge in [0.1, 0.15) is 12.4 Å². The maximum atomic E-state index is 12.3. The molecule has 5 heteroatoms. The molecule has 5 nitrogen and oxygen atoms in total. The van der Waals surface area contributed by atoms with E-state index in [1.54, 1.807) is 6.20 Å². The van der Waals surface area contributed by atoms with Crippen LogP contribution in [0.3, 0.4) is 0 Å². The van der Waals surface area contributed by atoms with Crippen LogP contribution in [0.4, 0.5) is 0 Å². The standard InChI is InChI=1S/C20H27N3O2/c1-14(23-19(24)18(21)20(2,3)4)15-8-7-10-17(12-15)25-13-16-9-5-6-11-22-16/h5-12,14,18H,13,21H2,1-4H3,(H,23,24)/t14?,18-/m1/s1. The summed E-state index contributed by atoms with van der Waals surface area (Å²) in [4.78, 5) is 16.5. The molecule has 134 valence electrons. The largest absolute Gasteiger partial charge is 0.487 e. The van der Waals surface area contributed by atoms with Crippen molar-refractivity contribution in [1.29, 1.82) is 0 Å². The normalized spacial score (nSPS) is 13.8. The van der Waals surface area contributed by atoms with Crippen molar-refractivity contribution in [2.45, 2.75) is 46.4 Å². The predicted molar refractivity (Wildman–Crippen MR) is 99.0 cm³/mol. The van der Waals surface area contributed by atoms with E-state index in [4.69, 9.17) is 10.5 Å². The Kier molecular flexibility index (Phi) is 6.15. The Morgan fingerprint density at radius 3 is 2.64 bits per heavy atom. The number of carbonyl (C=O) groups is 1. The van der Waals surface area contributed by atoms with Crippen molar-refractivity contribution >= 4 is 5.91 Å². The van der Waals surface area contributed by atoms with Gasteiger partial charge in [0.25, 0.3) is 0 Å². The van der Waals surface area contributed by atoms with Crippen LogP contribution in [-0.4, -0.2) is 16.9 Å². The number of carbonyl (C=O) groups excluding carboxylic acids is 1. The van der Waals surface area contributed by atoms with Crippen LogP contribution in [0.15, 0.2) is 48.7 Å². The van der Waals surface area contributed by atoms with E-state index >= 15 is 0 Å². The molecule has 0 aliphatic rings. The molecule has 0 spiro atoms. The third-order valence-corrected chi connectivity index (χ3v) is 4.05. The molecule has 1 aromatic heterocycles. The molecule has 2 rings (SSSR count). The zero-order valence-corrected chi connectivity index (χ0v) is 15.3. The van der Waals surface area contributed by atoms with Crippen LogP contribution < -0.4 is 15.8 Å². The van der Waals surface area contributed by atoms with Gasteiger partial charge in [0.15, 0.2) is 0 Å². The Labute approximate surface area is 149 Å². The molecular formula is C20H27N3O2. The highest BCUT2D eigenvalue weighted by atomic mass is 16.5. The maximum Gasteiger partial charge on any atom is 0.237 e. The van der Waals surface area contributed by atoms with Gasteiger partial charge in [0, 0.05) is 6.20 Å². The number of pyridine rings is 1. The molecule has 3 N–H and O–H groups in total. The molecule has 0 saturated heterocycles. The minimum atomic E-state index is -0.557. The molecule has 0 bridgehead atoms. The van der Waals surface area contributed by atoms with Crippen LogP contribution in [0.5, 0.6) is 5.75 Å². The smallest absolute Gasteiger partial charge is 0.237 e. The van der Waals surface area contributed by atoms with Crippen molar-refractivity contribution in [3.05, 3.63) is 59.9 Å². The third-order valence-electron chi connectivity index (χ3n) is 4.05. The Morgan fingerprint density at radius 2 is 2.00 bits per heavy atom. The second-order valence-corrected chi connectivity index (χ2v) is 7.26. The highest BCUT2D eigenvalue weighted by Gasteiger charge is 2.28. The molecule has 25 heavy (non-hydrogen) atoms. The first-order valence-electron chi connectivity index (χ1n) is 8.46. The second kappa shape index (κ2) is 8.12. The Hall–Kier alpha value is -2.40. The number of benzene rings is 1. The molecule has 1 aromatic carbocycles. The van der Waals surface area contributed by atoms with E-state index < -0.39 is 6.04 Å². The molecule has 0 radical (unpaired) electrons. The summed E-state index contributed by atoms with van der Waals surface area (Å²) < 4.78 is 5.79. The van der Waals surface area contributed by atoms with Gasteiger partial charge in [-0.2, -0.15) is 0 Å². The van der Waals surface area contributed by atoms with E-state index in [0.717, 1.165) is 17.0 Å². The quantitative estimate of drug-likeness (QED) is 0.846. The van der Waals surface area contributed by atoms with Crippen LogP contribution >= 0.6 is 0 Å². The van der Waals surface area contributed by atoms with Gasteiger partial charge < -0.3 is 15.8 Å². The molecule has 0 saturated carbocycles. The second-order valence-electron chi connectivity index (χ2n) is 7.26. The van der Waals surface area contributed by atoms with Gasteiger partial charge >= 0.3 is 0 Å². The van der Waals surface area contributed by atoms with Gasteiger partial charge in [-0.25, -0.2) is 0 Å². The third kappa shape index (κ3) is 5.57. The van der Waals surface area contributed by atoms with Gasteiger partial charge in [-0.1, -0.05) is 39.0 Å². The fraction of sp³-hybridized carbons (Fsp3) is 0.400. The number of rotatable bonds is 6. The summed E-state index contributed by atoms with van der Waals surface area (Å²) in [5, 5.41) is 2.97. The van der Waals surface area contributed by atoms with E-state index in [-0.39, 0.29) is 17.4 Å². The Morgan fingerprint density at radius 1 is 1.24 bits per heavy atom. The summed E-state index contributed by atoms with van der Waals surface area (Å²) in [6.45, 7) is 8.20. The number of hydrogen-bond acceptors (Lipinski definition) is 4. The van der Waals surface area contributed by atoms with Crippen LogP contribution in [0.25, 0.3) is 0 Å². The molecule has 1 amide bonds. The van der Waals surface area contributed by atoms with Crippen LogP contribution in [0, 0.1) is 5.41 Å². The van der Waals surface area contributed by atoms with Crippen molar-refractivity contribution < 1.29 is 9.53 Å². The maximum absolute atomic E-state index is 12.3. The van der Waals surface area contributed by atoms with Gasteiger partial charge in [0.2, 0.25) is 5.91 Å². The van der Waals surface area contributed by atoms with Crippen LogP contribution in [-0.2, 0) is 11.4 Å². The molecule has 2 aromatic rings. The highest BCUT2D eigenvalue weighted by Crippen LogP contribution is 2.22. The first-order valence-corrected chi connectivity index (χ1v) is 8.46. The molecule has 2 atom stereocenters. The van der Waals surface area contributed by atoms with Crippen LogP contribution in [0.2, 0.25) is 0 Å². The van der Waals surface area contributed by atoms with Crippen molar-refractivity contribution in [2.75, 3.05) is 0 Å². The topological polar surface area (TPSA) is 77.2 Å². The van der Waals surface area contributed by atoms with E-state index in [0.29, 0.717) is 6.61 Å². The lowest BCUT2D eigenvalue weighted by atomic mass is 9.86. The molecule has 1 unspecified atom stereocenters. The number of amides is 1. The lowest BCUT2D eigenvalue weighted by molar-refractivity contribution is -0.125. The van der Waals surface area contributed by atoms with Gasteiger partial charge in [-0.05, 0) is 42.2 Å². The SMILES string of the molecule is CC(NC(=O)[C@@H](N)C(C)(C)C)c1cccc(OCc2ccccn2)c1. The first kappa shape index (κ1) is 18.9. The van der Waals surface area contributed by atoms with E-state index in [9.17, 15) is 4.79 Å². The monoisotopic (exact) mass is 341 g/mol. The number of ether oxygens (including phenoxy) is 1. The number of aromatic nitrogens is 1. The lowest BCUT2D eigenvalue weighted by Gasteiger charge is -2.27. The Balaban J connectivity index is 1.99. The Bertz CT molecular complexity index is 696. The number of nitrogens with two attached hydrogens (primary N) is 1. The van der Waals surface area contributed by atoms with E-state index in [2.05, 4.69) is 10.3 Å². The average Bonchev–Trinajstić information content (AvgIpc) is 2.59. The average molecular weight is 341 g/mol. The fourth-order valence-corrected chi connectivity index (χ4v) is 2.29. The molecule has 1 heterocycles. The summed E-state index contributed by atoms with van der Waals surface area (Å²) in [5.74, 6) is 0.587. The molecule has 0 fully saturated rings. The summed E-state index contributed by atoms with van der Waals surface area (Å²) in [6, 6.07) is 12.7. The molecule has 0 aliphatic carbocycles. The summed E-state index contributed by atoms with van der Waals surface area (Å²) >= 11 is 0. The predicted octanol–water partition coefficient (Wildman–Crippen LogP) is 3.21. The number of hydrogen-bond donors (Lipinski definition) is 2. The van der Waals surface area contributed by atoms with Crippen molar-refractivity contribution in [1.82, 2.24) is 10.3 Å². The molecular weight excluding hydrogens is 314 g/mol. The fourth-order valence-electron chi connectivity index (χ4n) is 2.29. The zero-order chi connectivity index (χ0) is 18.4. The number of nitrogens with zero attached hydrogens (tertiary/aromatic N) is 1. The molecule has 0 aliphatic heterocycles. The van der Waals surface area contributed by atoms with Gasteiger partial charge in [-0.15, -0.1) is 0 Å². The lowest BCUT2D eigenvalue weighted by Crippen LogP contribution is -2.49. The summed E-state index contributed by atoms with van der Waals surface area (Å²) in [7, 11) is 0. The summed E-state index contributed by atoms with van der Waals surface area (Å²) in [5.41, 5.74) is 7.57. The zero-order valence-electron chi connectivity index (χ0n) is 15.3. The summed E-state index contributed by atoms with van der Waals surface area (Å²) in [6.07, 6.45) is 1.74. The minimum absolute atomic E-state index is 0.153. The van der Waals surface area contributed by atoms with Gasteiger partial charge in [-0.3, -0.25) is 9.78 Å². The van der Waals surface area contributed by atoms with Crippen LogP contribution in [0.1, 0.15) is 45.0 Å². The van der Waals surface area contributed by atoms with Crippen molar-refractivity contribution in [3.63, 3.8) is 0 Å². The van der Waals surface area contributed by atoms with E-state index in [1.807, 2.05) is 70.2 Å². The first-order chi connectivity index (χ1) is 11.8. The van der Waals surface area contributed by atoms with E-state index in [1.165, 1.54) is 0 Å². The minimum Gasteiger partial charge on any atom is -0.487 e. The highest BCUT2D eigenvalue weighted by molar-refractivity contribution is 5.82.